The van der Waals surface area contributed by atoms with Crippen LogP contribution < -0.4 is 11.1 Å². The molecule has 1 aromatic heterocycles. The molecule has 0 radical (unpaired) electrons. The van der Waals surface area contributed by atoms with Crippen LogP contribution in [0.1, 0.15) is 24.2 Å². The first-order valence-corrected chi connectivity index (χ1v) is 8.36. The zero-order valence-electron chi connectivity index (χ0n) is 11.9. The number of nitrogens with one attached hydrogen (secondary N) is 1. The van der Waals surface area contributed by atoms with Gasteiger partial charge in [-0.15, -0.1) is 4.28 Å². The van der Waals surface area contributed by atoms with Crippen molar-refractivity contribution in [1.82, 2.24) is 19.9 Å². The largest absolute Gasteiger partial charge is 0.491 e. The Kier molecular flexibility index (Phi) is 4.18. The molecule has 0 saturated carbocycles. The molecule has 0 atom stereocenters. The van der Waals surface area contributed by atoms with Crippen LogP contribution in [0.3, 0.4) is 0 Å². The van der Waals surface area contributed by atoms with Crippen molar-refractivity contribution in [3.63, 3.8) is 0 Å². The predicted molar refractivity (Wildman–Crippen MR) is 76.3 cm³/mol. The number of nitrogens with zero attached hydrogens (tertiary/aromatic N) is 4. The van der Waals surface area contributed by atoms with Gasteiger partial charge in [0.15, 0.2) is 0 Å². The molecule has 2 aliphatic heterocycles. The maximum Gasteiger partial charge on any atom is 0.491 e. The molecule has 0 spiro atoms. The normalized spacial score (nSPS) is 20.2. The molecule has 122 valence electrons. The lowest BCUT2D eigenvalue weighted by Crippen LogP contribution is -2.45. The standard InChI is InChI=1S/C11H18N6O4S/c12-11-15-20-22(18,19)21-17(11)6-4-13-7-9-10-3-1-2-5-16(10)8-14-9/h8,13H,1-7H2,(H2,12,15). The highest BCUT2D eigenvalue weighted by molar-refractivity contribution is 7.81. The van der Waals surface area contributed by atoms with E-state index in [1.807, 2.05) is 6.33 Å². The van der Waals surface area contributed by atoms with Crippen molar-refractivity contribution in [2.75, 3.05) is 13.1 Å². The number of guanidine groups is 1. The molecule has 0 unspecified atom stereocenters. The van der Waals surface area contributed by atoms with E-state index in [9.17, 15) is 8.42 Å². The lowest BCUT2D eigenvalue weighted by molar-refractivity contribution is -0.0125. The summed E-state index contributed by atoms with van der Waals surface area (Å²) < 4.78 is 33.0. The molecule has 3 rings (SSSR count). The van der Waals surface area contributed by atoms with E-state index < -0.39 is 10.4 Å². The molecule has 22 heavy (non-hydrogen) atoms. The third-order valence-corrected chi connectivity index (χ3v) is 4.16. The topological polar surface area (TPSA) is 124 Å². The number of hydroxylamine groups is 2. The van der Waals surface area contributed by atoms with Crippen molar-refractivity contribution in [2.45, 2.75) is 32.4 Å². The van der Waals surface area contributed by atoms with Crippen molar-refractivity contribution in [3.8, 4) is 0 Å². The van der Waals surface area contributed by atoms with Crippen LogP contribution >= 0.6 is 0 Å². The van der Waals surface area contributed by atoms with Gasteiger partial charge < -0.3 is 15.6 Å². The van der Waals surface area contributed by atoms with Gasteiger partial charge in [-0.2, -0.15) is 13.5 Å². The van der Waals surface area contributed by atoms with E-state index in [0.29, 0.717) is 13.1 Å². The maximum absolute atomic E-state index is 11.1. The van der Waals surface area contributed by atoms with Crippen LogP contribution in [-0.2, 0) is 38.5 Å². The Morgan fingerprint density at radius 3 is 3.14 bits per heavy atom. The van der Waals surface area contributed by atoms with Gasteiger partial charge in [0.1, 0.15) is 0 Å². The first-order chi connectivity index (χ1) is 10.6. The zero-order valence-corrected chi connectivity index (χ0v) is 12.8. The summed E-state index contributed by atoms with van der Waals surface area (Å²) >= 11 is 0. The number of oxime groups is 1. The van der Waals surface area contributed by atoms with Gasteiger partial charge in [0.25, 0.3) is 5.96 Å². The molecule has 11 heteroatoms. The monoisotopic (exact) mass is 330 g/mol. The molecule has 0 aliphatic carbocycles. The van der Waals surface area contributed by atoms with Gasteiger partial charge in [0.05, 0.1) is 18.6 Å². The third kappa shape index (κ3) is 3.31. The number of aromatic nitrogens is 2. The summed E-state index contributed by atoms with van der Waals surface area (Å²) in [5.74, 6) is -0.143. The minimum Gasteiger partial charge on any atom is -0.365 e. The van der Waals surface area contributed by atoms with Gasteiger partial charge in [-0.05, 0) is 24.4 Å². The minimum atomic E-state index is -4.14. The van der Waals surface area contributed by atoms with E-state index in [0.717, 1.165) is 23.7 Å². The summed E-state index contributed by atoms with van der Waals surface area (Å²) in [6.07, 6.45) is 5.29. The number of nitrogens with two attached hydrogens (primary N) is 1. The van der Waals surface area contributed by atoms with E-state index in [2.05, 4.69) is 28.6 Å². The average Bonchev–Trinajstić information content (AvgIpc) is 2.90. The smallest absolute Gasteiger partial charge is 0.365 e. The van der Waals surface area contributed by atoms with E-state index in [4.69, 9.17) is 5.73 Å². The first-order valence-electron chi connectivity index (χ1n) is 7.03. The van der Waals surface area contributed by atoms with Crippen molar-refractivity contribution in [2.24, 2.45) is 10.9 Å². The molecule has 0 saturated heterocycles. The molecular weight excluding hydrogens is 312 g/mol. The second-order valence-corrected chi connectivity index (χ2v) is 6.19. The Hall–Kier alpha value is -1.85. The lowest BCUT2D eigenvalue weighted by Gasteiger charge is -2.23. The maximum atomic E-state index is 11.1. The molecule has 3 N–H and O–H groups in total. The highest BCUT2D eigenvalue weighted by Gasteiger charge is 2.27. The Morgan fingerprint density at radius 2 is 2.27 bits per heavy atom. The number of aryl methyl sites for hydroxylation is 1. The van der Waals surface area contributed by atoms with Gasteiger partial charge in [-0.1, -0.05) is 0 Å². The molecule has 0 amide bonds. The third-order valence-electron chi connectivity index (χ3n) is 3.54. The van der Waals surface area contributed by atoms with Crippen LogP contribution in [-0.4, -0.2) is 42.1 Å². The minimum absolute atomic E-state index is 0.143. The fourth-order valence-electron chi connectivity index (χ4n) is 2.48. The van der Waals surface area contributed by atoms with Crippen LogP contribution in [0.25, 0.3) is 0 Å². The highest BCUT2D eigenvalue weighted by atomic mass is 32.3. The molecule has 0 fully saturated rings. The molecule has 3 heterocycles. The Balaban J connectivity index is 1.49. The summed E-state index contributed by atoms with van der Waals surface area (Å²) in [4.78, 5) is 4.41. The molecular formula is C11H18N6O4S. The van der Waals surface area contributed by atoms with Gasteiger partial charge in [-0.25, -0.2) is 9.27 Å². The zero-order chi connectivity index (χ0) is 15.6. The molecule has 0 aromatic carbocycles. The number of imidazole rings is 1. The van der Waals surface area contributed by atoms with Crippen LogP contribution in [0.4, 0.5) is 0 Å². The van der Waals surface area contributed by atoms with E-state index in [-0.39, 0.29) is 12.5 Å². The second-order valence-electron chi connectivity index (χ2n) is 5.07. The molecule has 2 aliphatic rings. The average molecular weight is 330 g/mol. The summed E-state index contributed by atoms with van der Waals surface area (Å²) in [6.45, 7) is 2.30. The predicted octanol–water partition coefficient (Wildman–Crippen LogP) is -0.953. The SMILES string of the molecule is NC1=NOS(=O)(=O)ON1CCNCc1ncn2c1CCCC2. The summed E-state index contributed by atoms with van der Waals surface area (Å²) in [5.41, 5.74) is 7.78. The number of hydrogen-bond donors (Lipinski definition) is 2. The van der Waals surface area contributed by atoms with Crippen molar-refractivity contribution < 1.29 is 17.0 Å². The fraction of sp³-hybridized carbons (Fsp3) is 0.636. The van der Waals surface area contributed by atoms with Crippen molar-refractivity contribution >= 4 is 16.4 Å². The van der Waals surface area contributed by atoms with Gasteiger partial charge >= 0.3 is 10.4 Å². The lowest BCUT2D eigenvalue weighted by atomic mass is 10.1. The first kappa shape index (κ1) is 15.1. The molecule has 10 nitrogen and oxygen atoms in total. The Labute approximate surface area is 128 Å². The molecule has 0 bridgehead atoms. The summed E-state index contributed by atoms with van der Waals surface area (Å²) in [6, 6.07) is 0. The summed E-state index contributed by atoms with van der Waals surface area (Å²) in [5, 5.41) is 7.37. The Bertz CT molecular complexity index is 670. The molecule has 1 aromatic rings. The van der Waals surface area contributed by atoms with Crippen LogP contribution in [0, 0.1) is 0 Å². The van der Waals surface area contributed by atoms with E-state index in [1.165, 1.54) is 18.5 Å². The van der Waals surface area contributed by atoms with Crippen molar-refractivity contribution in [1.29, 1.82) is 0 Å². The number of hydrogen-bond acceptors (Lipinski definition) is 9. The van der Waals surface area contributed by atoms with E-state index >= 15 is 0 Å². The quantitative estimate of drug-likeness (QED) is 0.662. The van der Waals surface area contributed by atoms with Gasteiger partial charge in [0.2, 0.25) is 0 Å². The van der Waals surface area contributed by atoms with Crippen LogP contribution in [0.2, 0.25) is 0 Å². The van der Waals surface area contributed by atoms with Crippen LogP contribution in [0.15, 0.2) is 11.5 Å². The van der Waals surface area contributed by atoms with E-state index in [1.54, 1.807) is 0 Å². The van der Waals surface area contributed by atoms with Gasteiger partial charge in [0, 0.05) is 25.3 Å². The summed E-state index contributed by atoms with van der Waals surface area (Å²) in [7, 11) is -4.14. The number of rotatable bonds is 5. The highest BCUT2D eigenvalue weighted by Crippen LogP contribution is 2.17. The fourth-order valence-corrected chi connectivity index (χ4v) is 3.05. The van der Waals surface area contributed by atoms with Crippen LogP contribution in [0.5, 0.6) is 0 Å². The van der Waals surface area contributed by atoms with Gasteiger partial charge in [-0.3, -0.25) is 0 Å². The number of fused-ring (bicyclic) bond motifs is 1. The van der Waals surface area contributed by atoms with Crippen molar-refractivity contribution in [3.05, 3.63) is 17.7 Å². The second kappa shape index (κ2) is 6.10. The Morgan fingerprint density at radius 1 is 1.41 bits per heavy atom.